The molecule has 3 aliphatic heterocycles. The summed E-state index contributed by atoms with van der Waals surface area (Å²) in [5.74, 6) is 0. The molecule has 4 bridgehead atoms. The Labute approximate surface area is 61.2 Å². The molecule has 4 fully saturated rings. The quantitative estimate of drug-likeness (QED) is 0.474. The van der Waals surface area contributed by atoms with Gasteiger partial charge in [0.15, 0.2) is 0 Å². The monoisotopic (exact) mass is 157 g/mol. The van der Waals surface area contributed by atoms with Crippen molar-refractivity contribution >= 4 is 9.53 Å². The van der Waals surface area contributed by atoms with Gasteiger partial charge in [-0.05, 0) is 19.3 Å². The SMILES string of the molecule is C1C2CC3CC1O[Si](O2)O3. The molecule has 0 aromatic heterocycles. The van der Waals surface area contributed by atoms with E-state index in [1.165, 1.54) is 0 Å². The summed E-state index contributed by atoms with van der Waals surface area (Å²) < 4.78 is 16.4. The molecule has 0 amide bonds. The van der Waals surface area contributed by atoms with E-state index in [0.29, 0.717) is 18.3 Å². The average Bonchev–Trinajstić information content (AvgIpc) is 1.82. The number of hydrogen-bond acceptors (Lipinski definition) is 3. The molecule has 0 aromatic carbocycles. The first kappa shape index (κ1) is 5.71. The molecule has 10 heavy (non-hydrogen) atoms. The van der Waals surface area contributed by atoms with E-state index >= 15 is 0 Å². The maximum Gasteiger partial charge on any atom is 0.578 e. The molecule has 0 unspecified atom stereocenters. The minimum Gasteiger partial charge on any atom is -0.368 e. The molecule has 0 N–H and O–H groups in total. The first-order valence-electron chi connectivity index (χ1n) is 3.77. The van der Waals surface area contributed by atoms with Crippen molar-refractivity contribution in [1.29, 1.82) is 0 Å². The Balaban J connectivity index is 1.90. The fraction of sp³-hybridized carbons (Fsp3) is 1.00. The highest BCUT2D eigenvalue weighted by atomic mass is 28.3. The van der Waals surface area contributed by atoms with E-state index in [-0.39, 0.29) is 0 Å². The summed E-state index contributed by atoms with van der Waals surface area (Å²) in [5, 5.41) is 0. The molecular formula is C6H9O3Si. The third-order valence-electron chi connectivity index (χ3n) is 2.37. The molecule has 1 radical (unpaired) electrons. The lowest BCUT2D eigenvalue weighted by Crippen LogP contribution is -2.57. The molecule has 4 heteroatoms. The van der Waals surface area contributed by atoms with E-state index in [2.05, 4.69) is 0 Å². The number of rotatable bonds is 0. The predicted molar refractivity (Wildman–Crippen MR) is 34.2 cm³/mol. The van der Waals surface area contributed by atoms with Crippen LogP contribution in [-0.4, -0.2) is 27.8 Å². The van der Waals surface area contributed by atoms with E-state index in [1.807, 2.05) is 0 Å². The highest BCUT2D eigenvalue weighted by Crippen LogP contribution is 2.36. The van der Waals surface area contributed by atoms with Gasteiger partial charge < -0.3 is 13.3 Å². The molecular weight excluding hydrogens is 148 g/mol. The Kier molecular flexibility index (Phi) is 1.04. The van der Waals surface area contributed by atoms with E-state index in [0.717, 1.165) is 19.3 Å². The first-order valence-corrected chi connectivity index (χ1v) is 4.99. The standard InChI is InChI=1S/C6H9O3Si/c1-4-2-6-3-5(1)8-10(7-4)9-6/h4-6H,1-3H2. The van der Waals surface area contributed by atoms with Gasteiger partial charge in [0.1, 0.15) is 0 Å². The van der Waals surface area contributed by atoms with Crippen molar-refractivity contribution in [1.82, 2.24) is 0 Å². The van der Waals surface area contributed by atoms with Crippen LogP contribution in [0.25, 0.3) is 0 Å². The van der Waals surface area contributed by atoms with Crippen LogP contribution in [0.3, 0.4) is 0 Å². The normalized spacial score (nSPS) is 52.2. The van der Waals surface area contributed by atoms with E-state index in [1.54, 1.807) is 0 Å². The molecule has 4 aliphatic rings. The lowest BCUT2D eigenvalue weighted by atomic mass is 9.93. The van der Waals surface area contributed by atoms with Crippen LogP contribution in [-0.2, 0) is 13.3 Å². The Morgan fingerprint density at radius 3 is 1.50 bits per heavy atom. The largest absolute Gasteiger partial charge is 0.578 e. The first-order chi connectivity index (χ1) is 4.90. The van der Waals surface area contributed by atoms with Gasteiger partial charge in [0, 0.05) is 0 Å². The Morgan fingerprint density at radius 1 is 0.800 bits per heavy atom. The van der Waals surface area contributed by atoms with Crippen LogP contribution in [0.4, 0.5) is 0 Å². The third kappa shape index (κ3) is 0.702. The highest BCUT2D eigenvalue weighted by molar-refractivity contribution is 6.37. The zero-order valence-corrected chi connectivity index (χ0v) is 6.58. The molecule has 3 saturated heterocycles. The topological polar surface area (TPSA) is 27.7 Å². The van der Waals surface area contributed by atoms with Gasteiger partial charge in [0.2, 0.25) is 0 Å². The van der Waals surface area contributed by atoms with Crippen molar-refractivity contribution in [2.24, 2.45) is 0 Å². The molecule has 1 aliphatic carbocycles. The van der Waals surface area contributed by atoms with Crippen LogP contribution in [0.15, 0.2) is 0 Å². The van der Waals surface area contributed by atoms with Gasteiger partial charge in [-0.15, -0.1) is 0 Å². The van der Waals surface area contributed by atoms with Gasteiger partial charge in [0.05, 0.1) is 18.3 Å². The molecule has 55 valence electrons. The summed E-state index contributed by atoms with van der Waals surface area (Å²) in [6.07, 6.45) is 4.73. The van der Waals surface area contributed by atoms with Crippen LogP contribution in [0, 0.1) is 0 Å². The highest BCUT2D eigenvalue weighted by Gasteiger charge is 2.48. The lowest BCUT2D eigenvalue weighted by Gasteiger charge is -2.47. The zero-order valence-electron chi connectivity index (χ0n) is 5.58. The second kappa shape index (κ2) is 1.82. The maximum atomic E-state index is 5.48. The smallest absolute Gasteiger partial charge is 0.368 e. The van der Waals surface area contributed by atoms with Crippen molar-refractivity contribution in [3.63, 3.8) is 0 Å². The summed E-state index contributed by atoms with van der Waals surface area (Å²) in [4.78, 5) is 0. The number of hydrogen-bond donors (Lipinski definition) is 0. The molecule has 0 atom stereocenters. The van der Waals surface area contributed by atoms with Gasteiger partial charge in [-0.1, -0.05) is 0 Å². The summed E-state index contributed by atoms with van der Waals surface area (Å²) in [5.41, 5.74) is 0. The van der Waals surface area contributed by atoms with Crippen molar-refractivity contribution in [3.05, 3.63) is 0 Å². The van der Waals surface area contributed by atoms with Gasteiger partial charge in [0.25, 0.3) is 0 Å². The van der Waals surface area contributed by atoms with Crippen molar-refractivity contribution in [2.75, 3.05) is 0 Å². The van der Waals surface area contributed by atoms with Crippen LogP contribution >= 0.6 is 0 Å². The molecule has 0 spiro atoms. The minimum atomic E-state index is -1.25. The second-order valence-corrected chi connectivity index (χ2v) is 4.38. The van der Waals surface area contributed by atoms with Crippen molar-refractivity contribution in [2.45, 2.75) is 37.6 Å². The zero-order chi connectivity index (χ0) is 6.55. The Hall–Kier alpha value is 0.0969. The lowest BCUT2D eigenvalue weighted by molar-refractivity contribution is -0.149. The van der Waals surface area contributed by atoms with Gasteiger partial charge in [-0.2, -0.15) is 0 Å². The van der Waals surface area contributed by atoms with Crippen molar-refractivity contribution < 1.29 is 13.3 Å². The van der Waals surface area contributed by atoms with E-state index in [9.17, 15) is 0 Å². The Bertz CT molecular complexity index is 105. The summed E-state index contributed by atoms with van der Waals surface area (Å²) in [7, 11) is -1.25. The van der Waals surface area contributed by atoms with Crippen LogP contribution < -0.4 is 0 Å². The predicted octanol–water partition coefficient (Wildman–Crippen LogP) is 0.338. The summed E-state index contributed by atoms with van der Waals surface area (Å²) in [6, 6.07) is 0. The van der Waals surface area contributed by atoms with Crippen LogP contribution in [0.1, 0.15) is 19.3 Å². The molecule has 3 nitrogen and oxygen atoms in total. The molecule has 1 saturated carbocycles. The summed E-state index contributed by atoms with van der Waals surface area (Å²) in [6.45, 7) is 0. The third-order valence-corrected chi connectivity index (χ3v) is 3.94. The van der Waals surface area contributed by atoms with E-state index in [4.69, 9.17) is 13.3 Å². The minimum absolute atomic E-state index is 0.472. The van der Waals surface area contributed by atoms with Gasteiger partial charge in [-0.3, -0.25) is 0 Å². The van der Waals surface area contributed by atoms with Crippen LogP contribution in [0.2, 0.25) is 0 Å². The van der Waals surface area contributed by atoms with Crippen molar-refractivity contribution in [3.8, 4) is 0 Å². The fourth-order valence-corrected chi connectivity index (χ4v) is 3.51. The molecule has 0 aromatic rings. The average molecular weight is 157 g/mol. The maximum absolute atomic E-state index is 5.48. The van der Waals surface area contributed by atoms with Gasteiger partial charge in [-0.25, -0.2) is 0 Å². The molecule has 3 heterocycles. The van der Waals surface area contributed by atoms with Gasteiger partial charge >= 0.3 is 9.53 Å². The molecule has 4 rings (SSSR count). The van der Waals surface area contributed by atoms with Crippen LogP contribution in [0.5, 0.6) is 0 Å². The Morgan fingerprint density at radius 2 is 1.20 bits per heavy atom. The summed E-state index contributed by atoms with van der Waals surface area (Å²) >= 11 is 0. The van der Waals surface area contributed by atoms with E-state index < -0.39 is 9.53 Å². The second-order valence-electron chi connectivity index (χ2n) is 3.18. The fourth-order valence-electron chi connectivity index (χ4n) is 1.95.